The highest BCUT2D eigenvalue weighted by Crippen LogP contribution is 2.29. The van der Waals surface area contributed by atoms with E-state index in [1.807, 2.05) is 27.7 Å². The fourth-order valence-electron chi connectivity index (χ4n) is 1.79. The lowest BCUT2D eigenvalue weighted by Crippen LogP contribution is -2.30. The molecule has 0 radical (unpaired) electrons. The molecule has 1 aromatic carbocycles. The zero-order valence-electron chi connectivity index (χ0n) is 13.9. The van der Waals surface area contributed by atoms with Gasteiger partial charge in [-0.3, -0.25) is 4.79 Å². The van der Waals surface area contributed by atoms with Gasteiger partial charge in [-0.15, -0.1) is 13.2 Å². The Hall–Kier alpha value is -1.63. The Labute approximate surface area is 134 Å². The van der Waals surface area contributed by atoms with Gasteiger partial charge in [-0.2, -0.15) is 0 Å². The molecule has 0 spiro atoms. The highest BCUT2D eigenvalue weighted by Gasteiger charge is 2.33. The van der Waals surface area contributed by atoms with Gasteiger partial charge in [0, 0.05) is 12.6 Å². The van der Waals surface area contributed by atoms with Gasteiger partial charge in [0.25, 0.3) is 0 Å². The summed E-state index contributed by atoms with van der Waals surface area (Å²) in [7, 11) is 0. The molecule has 0 amide bonds. The van der Waals surface area contributed by atoms with Crippen molar-refractivity contribution in [2.45, 2.75) is 52.9 Å². The molecule has 3 nitrogen and oxygen atoms in total. The van der Waals surface area contributed by atoms with Gasteiger partial charge in [-0.05, 0) is 24.6 Å². The summed E-state index contributed by atoms with van der Waals surface area (Å²) in [6.45, 7) is 9.34. The van der Waals surface area contributed by atoms with Crippen molar-refractivity contribution in [2.24, 2.45) is 0 Å². The molecule has 1 rings (SSSR count). The number of benzene rings is 1. The Kier molecular flexibility index (Phi) is 8.82. The van der Waals surface area contributed by atoms with Gasteiger partial charge in [-0.25, -0.2) is 4.39 Å². The largest absolute Gasteiger partial charge is 0.573 e. The maximum atomic E-state index is 13.4. The van der Waals surface area contributed by atoms with Crippen molar-refractivity contribution in [2.75, 3.05) is 6.54 Å². The summed E-state index contributed by atoms with van der Waals surface area (Å²) in [6, 6.07) is 3.17. The molecule has 0 aromatic heterocycles. The number of hydrogen-bond acceptors (Lipinski definition) is 3. The summed E-state index contributed by atoms with van der Waals surface area (Å²) in [4.78, 5) is 11.6. The lowest BCUT2D eigenvalue weighted by Gasteiger charge is -2.18. The van der Waals surface area contributed by atoms with Crippen molar-refractivity contribution >= 4 is 5.78 Å². The van der Waals surface area contributed by atoms with E-state index >= 15 is 0 Å². The Morgan fingerprint density at radius 1 is 1.26 bits per heavy atom. The Bertz CT molecular complexity index is 501. The fraction of sp³-hybridized carbons (Fsp3) is 0.562. The molecule has 0 heterocycles. The molecule has 0 aliphatic carbocycles. The number of Topliss-reactive ketones (excluding diaryl/α,β-unsaturated/α-hetero) is 1. The van der Waals surface area contributed by atoms with Gasteiger partial charge < -0.3 is 10.1 Å². The molecule has 0 saturated carbocycles. The number of carbonyl (C=O) groups is 1. The summed E-state index contributed by atoms with van der Waals surface area (Å²) < 4.78 is 53.6. The number of carbonyl (C=O) groups excluding carboxylic acids is 1. The molecule has 1 unspecified atom stereocenters. The summed E-state index contributed by atoms with van der Waals surface area (Å²) in [5.41, 5.74) is 0.274. The molecule has 7 heteroatoms. The van der Waals surface area contributed by atoms with Crippen LogP contribution in [0.5, 0.6) is 5.75 Å². The standard InChI is InChI=1S/C14H17F4NO2.C2H6/c1-8(2)19-7-11(9(3)20)10-4-5-12(15)13(6-10)21-14(16,17)18;1-2/h4-6,8,11,19H,7H2,1-3H3;1-2H3. The normalized spacial score (nSPS) is 12.4. The molecule has 0 bridgehead atoms. The van der Waals surface area contributed by atoms with Crippen molar-refractivity contribution in [3.63, 3.8) is 0 Å². The molecule has 0 aliphatic rings. The van der Waals surface area contributed by atoms with E-state index in [1.54, 1.807) is 0 Å². The molecule has 23 heavy (non-hydrogen) atoms. The predicted molar refractivity (Wildman–Crippen MR) is 81.0 cm³/mol. The van der Waals surface area contributed by atoms with Gasteiger partial charge in [0.2, 0.25) is 0 Å². The van der Waals surface area contributed by atoms with E-state index in [9.17, 15) is 22.4 Å². The first kappa shape index (κ1) is 21.4. The number of hydrogen-bond donors (Lipinski definition) is 1. The zero-order valence-corrected chi connectivity index (χ0v) is 13.9. The number of ether oxygens (including phenoxy) is 1. The molecular weight excluding hydrogens is 314 g/mol. The molecule has 1 aromatic rings. The summed E-state index contributed by atoms with van der Waals surface area (Å²) in [5, 5.41) is 3.03. The third kappa shape index (κ3) is 7.97. The fourth-order valence-corrected chi connectivity index (χ4v) is 1.79. The number of rotatable bonds is 6. The predicted octanol–water partition coefficient (Wildman–Crippen LogP) is 4.42. The first-order chi connectivity index (χ1) is 10.6. The first-order valence-corrected chi connectivity index (χ1v) is 7.39. The SMILES string of the molecule is CC.CC(=O)C(CNC(C)C)c1ccc(F)c(OC(F)(F)F)c1. The van der Waals surface area contributed by atoms with Gasteiger partial charge in [-0.1, -0.05) is 33.8 Å². The smallest absolute Gasteiger partial charge is 0.403 e. The molecule has 0 fully saturated rings. The average Bonchev–Trinajstić information content (AvgIpc) is 2.42. The van der Waals surface area contributed by atoms with E-state index in [-0.39, 0.29) is 23.9 Å². The van der Waals surface area contributed by atoms with Crippen LogP contribution in [0.3, 0.4) is 0 Å². The van der Waals surface area contributed by atoms with Gasteiger partial charge in [0.1, 0.15) is 5.78 Å². The van der Waals surface area contributed by atoms with E-state index in [0.29, 0.717) is 0 Å². The maximum absolute atomic E-state index is 13.4. The molecular formula is C16H23F4NO2. The lowest BCUT2D eigenvalue weighted by atomic mass is 9.95. The van der Waals surface area contributed by atoms with Crippen LogP contribution in [0.1, 0.15) is 46.1 Å². The van der Waals surface area contributed by atoms with E-state index in [4.69, 9.17) is 0 Å². The van der Waals surface area contributed by atoms with Gasteiger partial charge in [0.15, 0.2) is 11.6 Å². The van der Waals surface area contributed by atoms with Crippen LogP contribution < -0.4 is 10.1 Å². The average molecular weight is 337 g/mol. The maximum Gasteiger partial charge on any atom is 0.573 e. The van der Waals surface area contributed by atoms with Crippen LogP contribution >= 0.6 is 0 Å². The van der Waals surface area contributed by atoms with Crippen molar-refractivity contribution < 1.29 is 27.1 Å². The summed E-state index contributed by atoms with van der Waals surface area (Å²) in [5.74, 6) is -2.96. The molecule has 1 atom stereocenters. The Morgan fingerprint density at radius 2 is 1.83 bits per heavy atom. The van der Waals surface area contributed by atoms with Crippen molar-refractivity contribution in [3.05, 3.63) is 29.6 Å². The van der Waals surface area contributed by atoms with Gasteiger partial charge in [0.05, 0.1) is 5.92 Å². The zero-order chi connectivity index (χ0) is 18.2. The highest BCUT2D eigenvalue weighted by atomic mass is 19.4. The number of ketones is 1. The van der Waals surface area contributed by atoms with E-state index in [2.05, 4.69) is 10.1 Å². The number of nitrogens with one attached hydrogen (secondary N) is 1. The van der Waals surface area contributed by atoms with E-state index in [1.165, 1.54) is 13.0 Å². The van der Waals surface area contributed by atoms with Crippen LogP contribution in [0.4, 0.5) is 17.6 Å². The lowest BCUT2D eigenvalue weighted by molar-refractivity contribution is -0.275. The minimum Gasteiger partial charge on any atom is -0.403 e. The third-order valence-electron chi connectivity index (χ3n) is 2.80. The van der Waals surface area contributed by atoms with Gasteiger partial charge >= 0.3 is 6.36 Å². The topological polar surface area (TPSA) is 38.3 Å². The van der Waals surface area contributed by atoms with Crippen molar-refractivity contribution in [3.8, 4) is 5.75 Å². The third-order valence-corrected chi connectivity index (χ3v) is 2.80. The molecule has 0 saturated heterocycles. The second kappa shape index (κ2) is 9.50. The second-order valence-corrected chi connectivity index (χ2v) is 4.96. The Morgan fingerprint density at radius 3 is 2.26 bits per heavy atom. The monoisotopic (exact) mass is 337 g/mol. The summed E-state index contributed by atoms with van der Waals surface area (Å²) >= 11 is 0. The van der Waals surface area contributed by atoms with E-state index < -0.39 is 23.8 Å². The number of halogens is 4. The van der Waals surface area contributed by atoms with Crippen LogP contribution in [-0.4, -0.2) is 24.7 Å². The minimum absolute atomic E-state index is 0.109. The van der Waals surface area contributed by atoms with Crippen LogP contribution in [0, 0.1) is 5.82 Å². The Balaban J connectivity index is 0.00000232. The van der Waals surface area contributed by atoms with Crippen LogP contribution in [0.15, 0.2) is 18.2 Å². The van der Waals surface area contributed by atoms with E-state index in [0.717, 1.165) is 12.1 Å². The van der Waals surface area contributed by atoms with Crippen molar-refractivity contribution in [1.29, 1.82) is 0 Å². The van der Waals surface area contributed by atoms with Crippen LogP contribution in [-0.2, 0) is 4.79 Å². The summed E-state index contributed by atoms with van der Waals surface area (Å²) in [6.07, 6.45) is -4.98. The molecule has 132 valence electrons. The second-order valence-electron chi connectivity index (χ2n) is 4.96. The number of alkyl halides is 3. The molecule has 0 aliphatic heterocycles. The highest BCUT2D eigenvalue weighted by molar-refractivity contribution is 5.83. The van der Waals surface area contributed by atoms with Crippen LogP contribution in [0.25, 0.3) is 0 Å². The van der Waals surface area contributed by atoms with Crippen LogP contribution in [0.2, 0.25) is 0 Å². The first-order valence-electron chi connectivity index (χ1n) is 7.39. The quantitative estimate of drug-likeness (QED) is 0.781. The minimum atomic E-state index is -4.98. The van der Waals surface area contributed by atoms with Crippen molar-refractivity contribution in [1.82, 2.24) is 5.32 Å². The molecule has 1 N–H and O–H groups in total.